The Balaban J connectivity index is 2.21. The van der Waals surface area contributed by atoms with Crippen LogP contribution in [0, 0.1) is 0 Å². The lowest BCUT2D eigenvalue weighted by Gasteiger charge is -2.34. The van der Waals surface area contributed by atoms with Crippen molar-refractivity contribution in [1.29, 1.82) is 0 Å². The van der Waals surface area contributed by atoms with Gasteiger partial charge in [0.15, 0.2) is 0 Å². The molecule has 0 N–H and O–H groups in total. The minimum Gasteiger partial charge on any atom is -0.464 e. The zero-order chi connectivity index (χ0) is 14.7. The van der Waals surface area contributed by atoms with E-state index >= 15 is 0 Å². The van der Waals surface area contributed by atoms with Crippen LogP contribution < -0.4 is 0 Å². The van der Waals surface area contributed by atoms with Gasteiger partial charge in [0.05, 0.1) is 6.61 Å². The molecule has 0 aliphatic carbocycles. The Kier molecular flexibility index (Phi) is 4.86. The molecule has 20 heavy (non-hydrogen) atoms. The number of aryl methyl sites for hydroxylation is 1. The van der Waals surface area contributed by atoms with Crippen LogP contribution in [0.4, 0.5) is 0 Å². The summed E-state index contributed by atoms with van der Waals surface area (Å²) in [4.78, 5) is 26.3. The van der Waals surface area contributed by atoms with E-state index in [1.807, 2.05) is 13.2 Å². The maximum Gasteiger partial charge on any atom is 0.328 e. The number of rotatable bonds is 3. The molecule has 1 fully saturated rings. The highest BCUT2D eigenvalue weighted by Gasteiger charge is 2.34. The Labute approximate surface area is 127 Å². The van der Waals surface area contributed by atoms with Gasteiger partial charge in [-0.25, -0.2) is 4.79 Å². The fourth-order valence-corrected chi connectivity index (χ4v) is 3.07. The SMILES string of the molecule is CCOC(=O)C1CCCCN1C(=O)c1cc(Br)cn1C. The average molecular weight is 343 g/mol. The van der Waals surface area contributed by atoms with E-state index in [-0.39, 0.29) is 11.9 Å². The molecule has 1 aromatic rings. The van der Waals surface area contributed by atoms with E-state index in [1.165, 1.54) is 0 Å². The number of carbonyl (C=O) groups is 2. The van der Waals surface area contributed by atoms with Crippen molar-refractivity contribution in [1.82, 2.24) is 9.47 Å². The molecule has 0 aromatic carbocycles. The van der Waals surface area contributed by atoms with E-state index in [0.29, 0.717) is 25.3 Å². The zero-order valence-corrected chi connectivity index (χ0v) is 13.4. The maximum atomic E-state index is 12.6. The number of likely N-dealkylation sites (tertiary alicyclic amines) is 1. The largest absolute Gasteiger partial charge is 0.464 e. The lowest BCUT2D eigenvalue weighted by molar-refractivity contribution is -0.149. The summed E-state index contributed by atoms with van der Waals surface area (Å²) in [5, 5.41) is 0. The quantitative estimate of drug-likeness (QED) is 0.792. The Morgan fingerprint density at radius 3 is 2.80 bits per heavy atom. The van der Waals surface area contributed by atoms with E-state index in [0.717, 1.165) is 17.3 Å². The summed E-state index contributed by atoms with van der Waals surface area (Å²) in [6, 6.07) is 1.32. The highest BCUT2D eigenvalue weighted by molar-refractivity contribution is 9.10. The maximum absolute atomic E-state index is 12.6. The number of carbonyl (C=O) groups excluding carboxylic acids is 2. The van der Waals surface area contributed by atoms with E-state index in [4.69, 9.17) is 4.74 Å². The van der Waals surface area contributed by atoms with E-state index < -0.39 is 6.04 Å². The van der Waals surface area contributed by atoms with Gasteiger partial charge < -0.3 is 14.2 Å². The number of hydrogen-bond donors (Lipinski definition) is 0. The van der Waals surface area contributed by atoms with Gasteiger partial charge in [-0.2, -0.15) is 0 Å². The molecule has 2 heterocycles. The first-order chi connectivity index (χ1) is 9.54. The highest BCUT2D eigenvalue weighted by atomic mass is 79.9. The van der Waals surface area contributed by atoms with Crippen molar-refractivity contribution < 1.29 is 14.3 Å². The van der Waals surface area contributed by atoms with Crippen LogP contribution in [0.3, 0.4) is 0 Å². The van der Waals surface area contributed by atoms with Crippen molar-refractivity contribution in [2.45, 2.75) is 32.2 Å². The molecule has 1 aliphatic rings. The Bertz CT molecular complexity index is 513. The van der Waals surface area contributed by atoms with Crippen molar-refractivity contribution in [3.05, 3.63) is 22.4 Å². The number of esters is 1. The van der Waals surface area contributed by atoms with Crippen LogP contribution in [0.25, 0.3) is 0 Å². The monoisotopic (exact) mass is 342 g/mol. The lowest BCUT2D eigenvalue weighted by atomic mass is 10.0. The van der Waals surface area contributed by atoms with Crippen LogP contribution in [0.15, 0.2) is 16.7 Å². The normalized spacial score (nSPS) is 18.9. The summed E-state index contributed by atoms with van der Waals surface area (Å²) in [6.07, 6.45) is 4.38. The summed E-state index contributed by atoms with van der Waals surface area (Å²) >= 11 is 3.36. The Morgan fingerprint density at radius 1 is 1.45 bits per heavy atom. The van der Waals surface area contributed by atoms with Crippen molar-refractivity contribution in [2.75, 3.05) is 13.2 Å². The van der Waals surface area contributed by atoms with Crippen molar-refractivity contribution in [3.8, 4) is 0 Å². The number of halogens is 1. The molecule has 1 saturated heterocycles. The van der Waals surface area contributed by atoms with Gasteiger partial charge in [-0.3, -0.25) is 4.79 Å². The molecule has 0 radical (unpaired) electrons. The molecule has 1 atom stereocenters. The van der Waals surface area contributed by atoms with Gasteiger partial charge in [0.2, 0.25) is 0 Å². The fraction of sp³-hybridized carbons (Fsp3) is 0.571. The fourth-order valence-electron chi connectivity index (χ4n) is 2.54. The third-order valence-corrected chi connectivity index (χ3v) is 3.95. The summed E-state index contributed by atoms with van der Waals surface area (Å²) in [6.45, 7) is 2.72. The highest BCUT2D eigenvalue weighted by Crippen LogP contribution is 2.22. The number of nitrogens with zero attached hydrogens (tertiary/aromatic N) is 2. The molecular weight excluding hydrogens is 324 g/mol. The van der Waals surface area contributed by atoms with Crippen LogP contribution in [0.2, 0.25) is 0 Å². The van der Waals surface area contributed by atoms with Gasteiger partial charge in [0, 0.05) is 24.3 Å². The van der Waals surface area contributed by atoms with E-state index in [2.05, 4.69) is 15.9 Å². The number of ether oxygens (including phenoxy) is 1. The first kappa shape index (κ1) is 15.1. The van der Waals surface area contributed by atoms with Gasteiger partial charge in [-0.05, 0) is 48.2 Å². The number of hydrogen-bond acceptors (Lipinski definition) is 3. The first-order valence-electron chi connectivity index (χ1n) is 6.84. The minimum atomic E-state index is -0.454. The second-order valence-corrected chi connectivity index (χ2v) is 5.83. The molecule has 1 unspecified atom stereocenters. The number of amides is 1. The van der Waals surface area contributed by atoms with Gasteiger partial charge in [-0.1, -0.05) is 0 Å². The molecule has 110 valence electrons. The molecule has 5 nitrogen and oxygen atoms in total. The molecule has 1 aliphatic heterocycles. The first-order valence-corrected chi connectivity index (χ1v) is 7.63. The van der Waals surface area contributed by atoms with E-state index in [1.54, 1.807) is 22.5 Å². The molecular formula is C14H19BrN2O3. The van der Waals surface area contributed by atoms with Crippen molar-refractivity contribution >= 4 is 27.8 Å². The minimum absolute atomic E-state index is 0.115. The standard InChI is InChI=1S/C14H19BrN2O3/c1-3-20-14(19)11-6-4-5-7-17(11)13(18)12-8-10(15)9-16(12)2/h8-9,11H,3-7H2,1-2H3. The van der Waals surface area contributed by atoms with Gasteiger partial charge in [0.1, 0.15) is 11.7 Å². The van der Waals surface area contributed by atoms with Crippen LogP contribution >= 0.6 is 15.9 Å². The molecule has 2 rings (SSSR count). The van der Waals surface area contributed by atoms with Gasteiger partial charge >= 0.3 is 5.97 Å². The third-order valence-electron chi connectivity index (χ3n) is 3.51. The predicted molar refractivity (Wildman–Crippen MR) is 78.4 cm³/mol. The molecule has 1 amide bonds. The smallest absolute Gasteiger partial charge is 0.328 e. The summed E-state index contributed by atoms with van der Waals surface area (Å²) < 4.78 is 7.71. The summed E-state index contributed by atoms with van der Waals surface area (Å²) in [5.74, 6) is -0.412. The molecule has 1 aromatic heterocycles. The topological polar surface area (TPSA) is 51.5 Å². The average Bonchev–Trinajstić information content (AvgIpc) is 2.77. The summed E-state index contributed by atoms with van der Waals surface area (Å²) in [5.41, 5.74) is 0.577. The second kappa shape index (κ2) is 6.43. The Morgan fingerprint density at radius 2 is 2.20 bits per heavy atom. The Hall–Kier alpha value is -1.30. The van der Waals surface area contributed by atoms with Crippen LogP contribution in [-0.4, -0.2) is 40.5 Å². The van der Waals surface area contributed by atoms with Crippen molar-refractivity contribution in [2.24, 2.45) is 7.05 Å². The molecule has 6 heteroatoms. The van der Waals surface area contributed by atoms with E-state index in [9.17, 15) is 9.59 Å². The molecule has 0 spiro atoms. The van der Waals surface area contributed by atoms with Crippen molar-refractivity contribution in [3.63, 3.8) is 0 Å². The molecule has 0 bridgehead atoms. The predicted octanol–water partition coefficient (Wildman–Crippen LogP) is 2.35. The number of aromatic nitrogens is 1. The van der Waals surface area contributed by atoms with Crippen LogP contribution in [0.5, 0.6) is 0 Å². The lowest BCUT2D eigenvalue weighted by Crippen LogP contribution is -2.49. The second-order valence-electron chi connectivity index (χ2n) is 4.92. The van der Waals surface area contributed by atoms with Crippen LogP contribution in [-0.2, 0) is 16.6 Å². The number of piperidine rings is 1. The van der Waals surface area contributed by atoms with Crippen LogP contribution in [0.1, 0.15) is 36.7 Å². The summed E-state index contributed by atoms with van der Waals surface area (Å²) in [7, 11) is 1.82. The zero-order valence-electron chi connectivity index (χ0n) is 11.8. The molecule has 0 saturated carbocycles. The van der Waals surface area contributed by atoms with Gasteiger partial charge in [-0.15, -0.1) is 0 Å². The van der Waals surface area contributed by atoms with Gasteiger partial charge in [0.25, 0.3) is 5.91 Å². The third kappa shape index (κ3) is 3.06.